The molecule has 23 heavy (non-hydrogen) atoms. The third kappa shape index (κ3) is 4.30. The lowest BCUT2D eigenvalue weighted by Crippen LogP contribution is -2.20. The zero-order valence-corrected chi connectivity index (χ0v) is 13.1. The Morgan fingerprint density at radius 2 is 2.09 bits per heavy atom. The van der Waals surface area contributed by atoms with E-state index in [9.17, 15) is 9.59 Å². The minimum absolute atomic E-state index is 0.294. The molecule has 0 bridgehead atoms. The Balaban J connectivity index is 2.21. The number of ether oxygens (including phenoxy) is 2. The van der Waals surface area contributed by atoms with E-state index in [1.807, 2.05) is 0 Å². The van der Waals surface area contributed by atoms with Crippen molar-refractivity contribution in [3.8, 4) is 11.5 Å². The average Bonchev–Trinajstić information content (AvgIpc) is 2.53. The van der Waals surface area contributed by atoms with Crippen molar-refractivity contribution >= 4 is 29.7 Å². The third-order valence-electron chi connectivity index (χ3n) is 2.85. The van der Waals surface area contributed by atoms with Crippen LogP contribution in [0.15, 0.2) is 36.5 Å². The van der Waals surface area contributed by atoms with Crippen molar-refractivity contribution in [2.24, 2.45) is 5.73 Å². The molecular formula is C15H15N3O4S. The van der Waals surface area contributed by atoms with Gasteiger partial charge < -0.3 is 25.5 Å². The van der Waals surface area contributed by atoms with Crippen LogP contribution in [0.25, 0.3) is 0 Å². The second-order valence-electron chi connectivity index (χ2n) is 4.49. The van der Waals surface area contributed by atoms with E-state index in [1.54, 1.807) is 30.5 Å². The van der Waals surface area contributed by atoms with Crippen molar-refractivity contribution in [3.05, 3.63) is 46.7 Å². The van der Waals surface area contributed by atoms with Gasteiger partial charge in [0.1, 0.15) is 4.64 Å². The van der Waals surface area contributed by atoms with Gasteiger partial charge >= 0.3 is 0 Å². The largest absolute Gasteiger partial charge is 0.493 e. The van der Waals surface area contributed by atoms with E-state index < -0.39 is 5.91 Å². The van der Waals surface area contributed by atoms with Crippen molar-refractivity contribution in [1.29, 1.82) is 0 Å². The van der Waals surface area contributed by atoms with Gasteiger partial charge in [-0.2, -0.15) is 0 Å². The van der Waals surface area contributed by atoms with E-state index in [-0.39, 0.29) is 12.5 Å². The summed E-state index contributed by atoms with van der Waals surface area (Å²) in [7, 11) is 1.47. The predicted octanol–water partition coefficient (Wildman–Crippen LogP) is 1.87. The number of aromatic amines is 1. The monoisotopic (exact) mass is 333 g/mol. The second-order valence-corrected chi connectivity index (χ2v) is 4.90. The minimum Gasteiger partial charge on any atom is -0.493 e. The molecule has 0 saturated heterocycles. The summed E-state index contributed by atoms with van der Waals surface area (Å²) in [5.41, 5.74) is 5.87. The quantitative estimate of drug-likeness (QED) is 0.700. The number of carbonyl (C=O) groups is 2. The molecule has 2 amide bonds. The highest BCUT2D eigenvalue weighted by Gasteiger charge is 2.11. The lowest BCUT2D eigenvalue weighted by atomic mass is 10.2. The number of nitrogens with one attached hydrogen (secondary N) is 2. The highest BCUT2D eigenvalue weighted by atomic mass is 32.1. The summed E-state index contributed by atoms with van der Waals surface area (Å²) in [6, 6.07) is 8.08. The molecule has 1 aromatic carbocycles. The summed E-state index contributed by atoms with van der Waals surface area (Å²) in [4.78, 5) is 25.8. The van der Waals surface area contributed by atoms with Gasteiger partial charge in [0, 0.05) is 18.0 Å². The summed E-state index contributed by atoms with van der Waals surface area (Å²) in [5.74, 6) is -0.265. The molecule has 4 N–H and O–H groups in total. The number of hydrogen-bond donors (Lipinski definition) is 3. The van der Waals surface area contributed by atoms with E-state index in [0.29, 0.717) is 27.4 Å². The van der Waals surface area contributed by atoms with Crippen LogP contribution in [0.1, 0.15) is 10.4 Å². The van der Waals surface area contributed by atoms with E-state index in [2.05, 4.69) is 10.3 Å². The first-order valence-corrected chi connectivity index (χ1v) is 7.00. The van der Waals surface area contributed by atoms with Gasteiger partial charge in [0.25, 0.3) is 11.8 Å². The molecule has 0 unspecified atom stereocenters. The third-order valence-corrected chi connectivity index (χ3v) is 3.19. The first-order valence-electron chi connectivity index (χ1n) is 6.59. The summed E-state index contributed by atoms with van der Waals surface area (Å²) in [6.07, 6.45) is 1.64. The summed E-state index contributed by atoms with van der Waals surface area (Å²) in [6.45, 7) is -0.294. The number of carbonyl (C=O) groups excluding carboxylic acids is 2. The fraction of sp³-hybridized carbons (Fsp3) is 0.133. The molecule has 2 rings (SSSR count). The number of nitrogens with two attached hydrogens (primary N) is 1. The van der Waals surface area contributed by atoms with Crippen molar-refractivity contribution in [2.75, 3.05) is 19.0 Å². The molecule has 0 atom stereocenters. The standard InChI is InChI=1S/C15H15N3O4S/c1-21-11-5-4-9(7-12(11)22-8-13(16)19)18-14(20)10-3-2-6-17-15(10)23/h2-7H,8H2,1H3,(H2,16,19)(H,17,23)(H,18,20). The van der Waals surface area contributed by atoms with E-state index >= 15 is 0 Å². The summed E-state index contributed by atoms with van der Waals surface area (Å²) in [5, 5.41) is 2.70. The number of aromatic nitrogens is 1. The lowest BCUT2D eigenvalue weighted by molar-refractivity contribution is -0.119. The van der Waals surface area contributed by atoms with Crippen LogP contribution in [0.2, 0.25) is 0 Å². The van der Waals surface area contributed by atoms with Crippen molar-refractivity contribution < 1.29 is 19.1 Å². The molecular weight excluding hydrogens is 318 g/mol. The highest BCUT2D eigenvalue weighted by molar-refractivity contribution is 7.71. The molecule has 0 aliphatic heterocycles. The Kier molecular flexibility index (Phi) is 5.32. The normalized spacial score (nSPS) is 9.96. The lowest BCUT2D eigenvalue weighted by Gasteiger charge is -2.12. The van der Waals surface area contributed by atoms with Crippen LogP contribution in [0.3, 0.4) is 0 Å². The predicted molar refractivity (Wildman–Crippen MR) is 87.3 cm³/mol. The second kappa shape index (κ2) is 7.41. The Morgan fingerprint density at radius 1 is 1.30 bits per heavy atom. The van der Waals surface area contributed by atoms with Gasteiger partial charge in [0.15, 0.2) is 18.1 Å². The first-order chi connectivity index (χ1) is 11.0. The molecule has 2 aromatic rings. The first kappa shape index (κ1) is 16.5. The maximum atomic E-state index is 12.2. The topological polar surface area (TPSA) is 106 Å². The van der Waals surface area contributed by atoms with Gasteiger partial charge in [-0.15, -0.1) is 0 Å². The Labute approximate surface area is 137 Å². The smallest absolute Gasteiger partial charge is 0.258 e. The van der Waals surface area contributed by atoms with Crippen LogP contribution in [0.4, 0.5) is 5.69 Å². The van der Waals surface area contributed by atoms with Crippen LogP contribution in [0.5, 0.6) is 11.5 Å². The van der Waals surface area contributed by atoms with Gasteiger partial charge in [-0.25, -0.2) is 0 Å². The van der Waals surface area contributed by atoms with Crippen molar-refractivity contribution in [2.45, 2.75) is 0 Å². The number of rotatable bonds is 6. The van der Waals surface area contributed by atoms with E-state index in [4.69, 9.17) is 27.4 Å². The van der Waals surface area contributed by atoms with Gasteiger partial charge in [0.2, 0.25) is 0 Å². The molecule has 8 heteroatoms. The molecule has 0 saturated carbocycles. The highest BCUT2D eigenvalue weighted by Crippen LogP contribution is 2.30. The number of benzene rings is 1. The fourth-order valence-electron chi connectivity index (χ4n) is 1.81. The van der Waals surface area contributed by atoms with Crippen molar-refractivity contribution in [3.63, 3.8) is 0 Å². The molecule has 1 aromatic heterocycles. The van der Waals surface area contributed by atoms with Gasteiger partial charge in [-0.05, 0) is 24.3 Å². The Bertz CT molecular complexity index is 788. The number of methoxy groups -OCH3 is 1. The zero-order valence-electron chi connectivity index (χ0n) is 12.3. The number of pyridine rings is 1. The van der Waals surface area contributed by atoms with Crippen LogP contribution < -0.4 is 20.5 Å². The molecule has 0 spiro atoms. The SMILES string of the molecule is COc1ccc(NC(=O)c2ccc[nH]c2=S)cc1OCC(N)=O. The van der Waals surface area contributed by atoms with Crippen LogP contribution in [-0.4, -0.2) is 30.5 Å². The number of amides is 2. The van der Waals surface area contributed by atoms with Crippen molar-refractivity contribution in [1.82, 2.24) is 4.98 Å². The van der Waals surface area contributed by atoms with Crippen LogP contribution in [0, 0.1) is 4.64 Å². The number of hydrogen-bond acceptors (Lipinski definition) is 5. The molecule has 0 aliphatic rings. The number of anilines is 1. The van der Waals surface area contributed by atoms with E-state index in [1.165, 1.54) is 13.2 Å². The molecule has 120 valence electrons. The van der Waals surface area contributed by atoms with E-state index in [0.717, 1.165) is 0 Å². The molecule has 0 aliphatic carbocycles. The fourth-order valence-corrected chi connectivity index (χ4v) is 2.04. The average molecular weight is 333 g/mol. The Morgan fingerprint density at radius 3 is 2.74 bits per heavy atom. The molecule has 7 nitrogen and oxygen atoms in total. The zero-order chi connectivity index (χ0) is 16.8. The maximum Gasteiger partial charge on any atom is 0.258 e. The van der Waals surface area contributed by atoms with Gasteiger partial charge in [-0.1, -0.05) is 12.2 Å². The summed E-state index contributed by atoms with van der Waals surface area (Å²) < 4.78 is 10.7. The Hall–Kier alpha value is -2.87. The maximum absolute atomic E-state index is 12.2. The van der Waals surface area contributed by atoms with Crippen LogP contribution >= 0.6 is 12.2 Å². The van der Waals surface area contributed by atoms with Gasteiger partial charge in [-0.3, -0.25) is 9.59 Å². The molecule has 0 radical (unpaired) electrons. The number of primary amides is 1. The summed E-state index contributed by atoms with van der Waals surface area (Å²) >= 11 is 5.07. The van der Waals surface area contributed by atoms with Crippen LogP contribution in [-0.2, 0) is 4.79 Å². The molecule has 1 heterocycles. The van der Waals surface area contributed by atoms with Gasteiger partial charge in [0.05, 0.1) is 12.7 Å². The number of H-pyrrole nitrogens is 1. The minimum atomic E-state index is -0.614. The molecule has 0 fully saturated rings.